The average Bonchev–Trinajstić information content (AvgIpc) is 3.42. The number of rotatable bonds is 53. The molecule has 14 nitrogen and oxygen atoms in total. The second-order valence-electron chi connectivity index (χ2n) is 22.6. The van der Waals surface area contributed by atoms with E-state index < -0.39 is 80.7 Å². The van der Waals surface area contributed by atoms with Crippen molar-refractivity contribution in [3.05, 3.63) is 12.2 Å². The van der Waals surface area contributed by atoms with Gasteiger partial charge in [-0.25, -0.2) is 0 Å². The minimum Gasteiger partial charge on any atom is -0.457 e. The molecule has 0 bridgehead atoms. The second-order valence-corrected chi connectivity index (χ2v) is 22.6. The van der Waals surface area contributed by atoms with E-state index in [9.17, 15) is 40.5 Å². The number of ether oxygens (including phenoxy) is 6. The van der Waals surface area contributed by atoms with Crippen LogP contribution in [0.25, 0.3) is 0 Å². The van der Waals surface area contributed by atoms with Crippen molar-refractivity contribution in [2.45, 2.75) is 345 Å². The van der Waals surface area contributed by atoms with Gasteiger partial charge in [0, 0.05) is 13.0 Å². The van der Waals surface area contributed by atoms with Gasteiger partial charge in [-0.3, -0.25) is 4.79 Å². The summed E-state index contributed by atoms with van der Waals surface area (Å²) >= 11 is 0. The van der Waals surface area contributed by atoms with Crippen LogP contribution >= 0.6 is 0 Å². The Hall–Kier alpha value is -1.27. The summed E-state index contributed by atoms with van der Waals surface area (Å²) in [5.41, 5.74) is 0. The molecule has 11 atom stereocenters. The van der Waals surface area contributed by atoms with Gasteiger partial charge in [-0.15, -0.1) is 0 Å². The Kier molecular flexibility index (Phi) is 46.2. The van der Waals surface area contributed by atoms with Crippen molar-refractivity contribution in [3.8, 4) is 0 Å². The molecule has 0 amide bonds. The van der Waals surface area contributed by atoms with Gasteiger partial charge in [0.15, 0.2) is 12.6 Å². The Balaban J connectivity index is 1.67. The summed E-state index contributed by atoms with van der Waals surface area (Å²) in [6, 6.07) is 0. The maximum absolute atomic E-state index is 13.1. The molecule has 2 saturated heterocycles. The first-order valence-corrected chi connectivity index (χ1v) is 31.8. The van der Waals surface area contributed by atoms with Crippen molar-refractivity contribution < 1.29 is 69.0 Å². The monoisotopic (exact) mass is 1090 g/mol. The lowest BCUT2D eigenvalue weighted by molar-refractivity contribution is -0.332. The largest absolute Gasteiger partial charge is 0.457 e. The van der Waals surface area contributed by atoms with E-state index in [4.69, 9.17) is 28.4 Å². The zero-order valence-corrected chi connectivity index (χ0v) is 48.5. The number of carbonyl (C=O) groups is 1. The molecule has 0 aromatic heterocycles. The number of esters is 1. The van der Waals surface area contributed by atoms with E-state index >= 15 is 0 Å². The Morgan fingerprint density at radius 1 is 0.421 bits per heavy atom. The molecule has 14 heteroatoms. The van der Waals surface area contributed by atoms with Gasteiger partial charge in [0.2, 0.25) is 0 Å². The fourth-order valence-electron chi connectivity index (χ4n) is 10.4. The zero-order valence-electron chi connectivity index (χ0n) is 48.5. The average molecular weight is 1090 g/mol. The standard InChI is InChI=1S/C62H118O14/c1-3-5-7-9-11-13-15-17-19-21-23-25-27-29-31-33-35-37-39-41-43-45-54(64)74-51(48-71-46-44-42-40-38-36-34-32-30-28-26-24-22-20-18-16-14-12-10-8-6-4-2)49-72-61-60(70)58(68)56(66)53(76-61)50-73-62-59(69)57(67)55(65)52(47-63)75-62/h21,23,51-53,55-63,65-70H,3-20,22,24-50H2,1-2H3/b23-21-. The minimum absolute atomic E-state index is 0.0676. The Bertz CT molecular complexity index is 1310. The molecule has 2 rings (SSSR count). The van der Waals surface area contributed by atoms with E-state index in [2.05, 4.69) is 26.0 Å². The Morgan fingerprint density at radius 3 is 1.20 bits per heavy atom. The lowest BCUT2D eigenvalue weighted by atomic mass is 9.98. The smallest absolute Gasteiger partial charge is 0.306 e. The summed E-state index contributed by atoms with van der Waals surface area (Å²) in [6.45, 7) is 3.76. The molecule has 2 aliphatic heterocycles. The predicted octanol–water partition coefficient (Wildman–Crippen LogP) is 12.1. The van der Waals surface area contributed by atoms with E-state index in [-0.39, 0.29) is 25.6 Å². The highest BCUT2D eigenvalue weighted by Crippen LogP contribution is 2.27. The lowest BCUT2D eigenvalue weighted by Crippen LogP contribution is -2.61. The van der Waals surface area contributed by atoms with E-state index in [0.29, 0.717) is 13.0 Å². The van der Waals surface area contributed by atoms with Crippen LogP contribution in [-0.2, 0) is 33.2 Å². The molecular formula is C62H118O14. The highest BCUT2D eigenvalue weighted by molar-refractivity contribution is 5.69. The van der Waals surface area contributed by atoms with Gasteiger partial charge in [-0.1, -0.05) is 244 Å². The highest BCUT2D eigenvalue weighted by Gasteiger charge is 2.47. The molecule has 0 aromatic rings. The Morgan fingerprint density at radius 2 is 0.776 bits per heavy atom. The van der Waals surface area contributed by atoms with E-state index in [1.165, 1.54) is 212 Å². The molecule has 2 aliphatic rings. The van der Waals surface area contributed by atoms with E-state index in [0.717, 1.165) is 38.5 Å². The fraction of sp³-hybridized carbons (Fsp3) is 0.952. The molecule has 0 radical (unpaired) electrons. The van der Waals surface area contributed by atoms with Crippen LogP contribution in [0.2, 0.25) is 0 Å². The van der Waals surface area contributed by atoms with Crippen molar-refractivity contribution in [1.29, 1.82) is 0 Å². The normalized spacial score (nSPS) is 24.4. The van der Waals surface area contributed by atoms with E-state index in [1.807, 2.05) is 0 Å². The van der Waals surface area contributed by atoms with Gasteiger partial charge >= 0.3 is 5.97 Å². The number of hydrogen-bond acceptors (Lipinski definition) is 14. The number of allylic oxidation sites excluding steroid dienone is 2. The van der Waals surface area contributed by atoms with Crippen LogP contribution in [-0.4, -0.2) is 142 Å². The SMILES string of the molecule is CCCCCCCCCC/C=C\CCCCCCCCCCCC(=O)OC(COCCCCCCCCCCCCCCCCCCCCCCC)COC1OC(COC2OC(CO)C(O)C(O)C2O)C(O)C(O)C1O. The summed E-state index contributed by atoms with van der Waals surface area (Å²) in [5.74, 6) is -0.371. The topological polar surface area (TPSA) is 214 Å². The highest BCUT2D eigenvalue weighted by atomic mass is 16.7. The number of aliphatic hydroxyl groups excluding tert-OH is 7. The first-order chi connectivity index (χ1) is 37.1. The first-order valence-electron chi connectivity index (χ1n) is 31.8. The molecule has 0 spiro atoms. The maximum atomic E-state index is 13.1. The van der Waals surface area contributed by atoms with Crippen LogP contribution in [0.15, 0.2) is 12.2 Å². The van der Waals surface area contributed by atoms with Gasteiger partial charge in [-0.2, -0.15) is 0 Å². The molecule has 0 aliphatic carbocycles. The van der Waals surface area contributed by atoms with Crippen molar-refractivity contribution in [1.82, 2.24) is 0 Å². The molecule has 11 unspecified atom stereocenters. The third-order valence-electron chi connectivity index (χ3n) is 15.5. The van der Waals surface area contributed by atoms with E-state index in [1.54, 1.807) is 0 Å². The molecule has 0 saturated carbocycles. The number of unbranched alkanes of at least 4 members (excludes halogenated alkanes) is 37. The van der Waals surface area contributed by atoms with Crippen molar-refractivity contribution >= 4 is 5.97 Å². The van der Waals surface area contributed by atoms with Crippen LogP contribution in [0.3, 0.4) is 0 Å². The third-order valence-corrected chi connectivity index (χ3v) is 15.5. The van der Waals surface area contributed by atoms with Crippen molar-refractivity contribution in [3.63, 3.8) is 0 Å². The molecule has 7 N–H and O–H groups in total. The number of hydrogen-bond donors (Lipinski definition) is 7. The Labute approximate surface area is 463 Å². The number of aliphatic hydroxyl groups is 7. The summed E-state index contributed by atoms with van der Waals surface area (Å²) in [7, 11) is 0. The van der Waals surface area contributed by atoms with Gasteiger partial charge < -0.3 is 64.2 Å². The quantitative estimate of drug-likeness (QED) is 0.0172. The second kappa shape index (κ2) is 49.5. The van der Waals surface area contributed by atoms with Gasteiger partial charge in [0.05, 0.1) is 26.4 Å². The van der Waals surface area contributed by atoms with Gasteiger partial charge in [0.25, 0.3) is 0 Å². The summed E-state index contributed by atoms with van der Waals surface area (Å²) in [4.78, 5) is 13.1. The van der Waals surface area contributed by atoms with Crippen LogP contribution in [0.1, 0.15) is 277 Å². The van der Waals surface area contributed by atoms with Gasteiger partial charge in [0.1, 0.15) is 54.9 Å². The summed E-state index contributed by atoms with van der Waals surface area (Å²) in [5, 5.41) is 72.5. The van der Waals surface area contributed by atoms with Crippen molar-refractivity contribution in [2.24, 2.45) is 0 Å². The molecule has 2 heterocycles. The van der Waals surface area contributed by atoms with Crippen molar-refractivity contribution in [2.75, 3.05) is 33.0 Å². The zero-order chi connectivity index (χ0) is 55.1. The molecule has 0 aromatic carbocycles. The first kappa shape index (κ1) is 70.8. The third kappa shape index (κ3) is 35.5. The molecule has 2 fully saturated rings. The minimum atomic E-state index is -1.70. The molecular weight excluding hydrogens is 969 g/mol. The summed E-state index contributed by atoms with van der Waals surface area (Å²) < 4.78 is 34.5. The van der Waals surface area contributed by atoms with Crippen LogP contribution in [0.5, 0.6) is 0 Å². The molecule has 450 valence electrons. The molecule has 76 heavy (non-hydrogen) atoms. The van der Waals surface area contributed by atoms with Crippen LogP contribution in [0.4, 0.5) is 0 Å². The van der Waals surface area contributed by atoms with Gasteiger partial charge in [-0.05, 0) is 38.5 Å². The van der Waals surface area contributed by atoms with Crippen LogP contribution < -0.4 is 0 Å². The lowest BCUT2D eigenvalue weighted by Gasteiger charge is -2.42. The predicted molar refractivity (Wildman–Crippen MR) is 303 cm³/mol. The summed E-state index contributed by atoms with van der Waals surface area (Å²) in [6.07, 6.45) is 39.9. The fourth-order valence-corrected chi connectivity index (χ4v) is 10.4. The number of carbonyl (C=O) groups excluding carboxylic acids is 1. The van der Waals surface area contributed by atoms with Crippen LogP contribution in [0, 0.1) is 0 Å². The maximum Gasteiger partial charge on any atom is 0.306 e.